The molecule has 4 heteroatoms. The molecule has 1 fully saturated rings. The number of amides is 1. The Bertz CT molecular complexity index is 483. The molecule has 0 radical (unpaired) electrons. The Morgan fingerprint density at radius 2 is 2.14 bits per heavy atom. The topological polar surface area (TPSA) is 54.0 Å². The fourth-order valence-corrected chi connectivity index (χ4v) is 2.58. The molecule has 0 saturated heterocycles. The van der Waals surface area contributed by atoms with Gasteiger partial charge in [-0.3, -0.25) is 4.79 Å². The number of carbonyl (C=O) groups is 1. The van der Waals surface area contributed by atoms with E-state index in [1.54, 1.807) is 0 Å². The predicted molar refractivity (Wildman–Crippen MR) is 86.7 cm³/mol. The molecule has 1 aliphatic carbocycles. The minimum atomic E-state index is 0.0266. The maximum atomic E-state index is 12.5. The minimum Gasteiger partial charge on any atom is -0.373 e. The zero-order valence-electron chi connectivity index (χ0n) is 13.4. The number of aryl methyl sites for hydroxylation is 1. The summed E-state index contributed by atoms with van der Waals surface area (Å²) in [7, 11) is 1.84. The van der Waals surface area contributed by atoms with Gasteiger partial charge in [0, 0.05) is 24.3 Å². The molecular formula is C17H27N3O. The Labute approximate surface area is 127 Å². The zero-order chi connectivity index (χ0) is 15.2. The summed E-state index contributed by atoms with van der Waals surface area (Å²) in [6.45, 7) is 4.26. The van der Waals surface area contributed by atoms with Gasteiger partial charge in [0.25, 0.3) is 5.91 Å². The summed E-state index contributed by atoms with van der Waals surface area (Å²) >= 11 is 0. The van der Waals surface area contributed by atoms with Crippen LogP contribution in [0.5, 0.6) is 0 Å². The molecule has 116 valence electrons. The van der Waals surface area contributed by atoms with Crippen molar-refractivity contribution < 1.29 is 4.79 Å². The van der Waals surface area contributed by atoms with Crippen molar-refractivity contribution in [2.75, 3.05) is 12.4 Å². The van der Waals surface area contributed by atoms with Crippen LogP contribution < -0.4 is 10.6 Å². The first-order chi connectivity index (χ1) is 10.2. The van der Waals surface area contributed by atoms with E-state index in [0.717, 1.165) is 43.1 Å². The monoisotopic (exact) mass is 289 g/mol. The van der Waals surface area contributed by atoms with Crippen molar-refractivity contribution in [3.63, 3.8) is 0 Å². The zero-order valence-corrected chi connectivity index (χ0v) is 13.4. The van der Waals surface area contributed by atoms with Crippen molar-refractivity contribution in [3.8, 4) is 0 Å². The highest BCUT2D eigenvalue weighted by molar-refractivity contribution is 5.95. The van der Waals surface area contributed by atoms with Crippen LogP contribution in [0.2, 0.25) is 0 Å². The third-order valence-corrected chi connectivity index (χ3v) is 4.05. The molecule has 0 bridgehead atoms. The van der Waals surface area contributed by atoms with Gasteiger partial charge in [0.15, 0.2) is 0 Å². The Morgan fingerprint density at radius 3 is 2.71 bits per heavy atom. The largest absolute Gasteiger partial charge is 0.373 e. The molecule has 21 heavy (non-hydrogen) atoms. The highest BCUT2D eigenvalue weighted by Gasteiger charge is 2.25. The predicted octanol–water partition coefficient (Wildman–Crippen LogP) is 3.38. The lowest BCUT2D eigenvalue weighted by Gasteiger charge is -2.17. The van der Waals surface area contributed by atoms with Crippen LogP contribution in [-0.2, 0) is 6.42 Å². The second kappa shape index (κ2) is 7.43. The fourth-order valence-electron chi connectivity index (χ4n) is 2.58. The van der Waals surface area contributed by atoms with Gasteiger partial charge in [0.1, 0.15) is 5.82 Å². The van der Waals surface area contributed by atoms with Crippen molar-refractivity contribution in [1.82, 2.24) is 10.3 Å². The first-order valence-electron chi connectivity index (χ1n) is 8.15. The van der Waals surface area contributed by atoms with Gasteiger partial charge in [-0.15, -0.1) is 0 Å². The second-order valence-electron chi connectivity index (χ2n) is 5.99. The molecule has 1 heterocycles. The van der Waals surface area contributed by atoms with Gasteiger partial charge in [-0.25, -0.2) is 4.98 Å². The van der Waals surface area contributed by atoms with Gasteiger partial charge in [-0.2, -0.15) is 0 Å². The summed E-state index contributed by atoms with van der Waals surface area (Å²) in [4.78, 5) is 17.0. The molecule has 2 rings (SSSR count). The third kappa shape index (κ3) is 4.73. The SMILES string of the molecule is CCCc1cc(C(=O)NC(CC)CC2CC2)cc(NC)n1. The van der Waals surface area contributed by atoms with Crippen LogP contribution in [0.15, 0.2) is 12.1 Å². The molecule has 1 aromatic rings. The quantitative estimate of drug-likeness (QED) is 0.771. The van der Waals surface area contributed by atoms with Gasteiger partial charge in [-0.05, 0) is 37.3 Å². The lowest BCUT2D eigenvalue weighted by Crippen LogP contribution is -2.34. The molecule has 2 N–H and O–H groups in total. The molecule has 4 nitrogen and oxygen atoms in total. The molecule has 1 atom stereocenters. The van der Waals surface area contributed by atoms with Crippen molar-refractivity contribution in [2.45, 2.75) is 58.4 Å². The summed E-state index contributed by atoms with van der Waals surface area (Å²) in [5.41, 5.74) is 1.69. The first kappa shape index (κ1) is 15.8. The maximum Gasteiger partial charge on any atom is 0.251 e. The van der Waals surface area contributed by atoms with Crippen LogP contribution in [0, 0.1) is 5.92 Å². The number of hydrogen-bond acceptors (Lipinski definition) is 3. The summed E-state index contributed by atoms with van der Waals surface area (Å²) < 4.78 is 0. The Morgan fingerprint density at radius 1 is 1.38 bits per heavy atom. The number of nitrogens with one attached hydrogen (secondary N) is 2. The van der Waals surface area contributed by atoms with Crippen molar-refractivity contribution in [2.24, 2.45) is 5.92 Å². The maximum absolute atomic E-state index is 12.5. The molecule has 1 saturated carbocycles. The Hall–Kier alpha value is -1.58. The highest BCUT2D eigenvalue weighted by Crippen LogP contribution is 2.34. The molecule has 0 aliphatic heterocycles. The molecule has 1 unspecified atom stereocenters. The molecule has 0 spiro atoms. The molecule has 1 aromatic heterocycles. The van der Waals surface area contributed by atoms with E-state index in [-0.39, 0.29) is 5.91 Å². The summed E-state index contributed by atoms with van der Waals surface area (Å²) in [5, 5.41) is 6.22. The van der Waals surface area contributed by atoms with E-state index >= 15 is 0 Å². The van der Waals surface area contributed by atoms with Gasteiger partial charge in [0.2, 0.25) is 0 Å². The smallest absolute Gasteiger partial charge is 0.251 e. The van der Waals surface area contributed by atoms with Crippen molar-refractivity contribution >= 4 is 11.7 Å². The number of carbonyl (C=O) groups excluding carboxylic acids is 1. The molecule has 1 amide bonds. The van der Waals surface area contributed by atoms with E-state index in [4.69, 9.17) is 0 Å². The van der Waals surface area contributed by atoms with E-state index in [1.807, 2.05) is 19.2 Å². The van der Waals surface area contributed by atoms with E-state index in [0.29, 0.717) is 11.6 Å². The van der Waals surface area contributed by atoms with Crippen LogP contribution in [0.1, 0.15) is 62.0 Å². The Balaban J connectivity index is 2.07. The van der Waals surface area contributed by atoms with E-state index < -0.39 is 0 Å². The van der Waals surface area contributed by atoms with Crippen LogP contribution >= 0.6 is 0 Å². The van der Waals surface area contributed by atoms with Gasteiger partial charge in [-0.1, -0.05) is 33.1 Å². The van der Waals surface area contributed by atoms with Crippen LogP contribution in [-0.4, -0.2) is 24.0 Å². The van der Waals surface area contributed by atoms with E-state index in [1.165, 1.54) is 12.8 Å². The van der Waals surface area contributed by atoms with Gasteiger partial charge >= 0.3 is 0 Å². The number of hydrogen-bond donors (Lipinski definition) is 2. The normalized spacial score (nSPS) is 15.6. The highest BCUT2D eigenvalue weighted by atomic mass is 16.1. The van der Waals surface area contributed by atoms with Gasteiger partial charge < -0.3 is 10.6 Å². The number of rotatable bonds is 8. The van der Waals surface area contributed by atoms with E-state index in [2.05, 4.69) is 29.5 Å². The summed E-state index contributed by atoms with van der Waals surface area (Å²) in [6.07, 6.45) is 6.69. The average molecular weight is 289 g/mol. The van der Waals surface area contributed by atoms with E-state index in [9.17, 15) is 4.79 Å². The minimum absolute atomic E-state index is 0.0266. The standard InChI is InChI=1S/C17H27N3O/c1-4-6-15-10-13(11-16(18-3)19-15)17(21)20-14(5-2)9-12-7-8-12/h10-12,14H,4-9H2,1-3H3,(H,18,19)(H,20,21). The second-order valence-corrected chi connectivity index (χ2v) is 5.99. The lowest BCUT2D eigenvalue weighted by atomic mass is 10.1. The first-order valence-corrected chi connectivity index (χ1v) is 8.15. The third-order valence-electron chi connectivity index (χ3n) is 4.05. The summed E-state index contributed by atoms with van der Waals surface area (Å²) in [5.74, 6) is 1.62. The lowest BCUT2D eigenvalue weighted by molar-refractivity contribution is 0.0932. The van der Waals surface area contributed by atoms with Crippen LogP contribution in [0.4, 0.5) is 5.82 Å². The number of nitrogens with zero attached hydrogens (tertiary/aromatic N) is 1. The molecular weight excluding hydrogens is 262 g/mol. The van der Waals surface area contributed by atoms with Crippen molar-refractivity contribution in [1.29, 1.82) is 0 Å². The van der Waals surface area contributed by atoms with Crippen LogP contribution in [0.25, 0.3) is 0 Å². The average Bonchev–Trinajstić information content (AvgIpc) is 3.30. The number of anilines is 1. The van der Waals surface area contributed by atoms with Crippen molar-refractivity contribution in [3.05, 3.63) is 23.4 Å². The number of pyridine rings is 1. The summed E-state index contributed by atoms with van der Waals surface area (Å²) in [6, 6.07) is 4.05. The number of aromatic nitrogens is 1. The van der Waals surface area contributed by atoms with Gasteiger partial charge in [0.05, 0.1) is 0 Å². The van der Waals surface area contributed by atoms with Crippen LogP contribution in [0.3, 0.4) is 0 Å². The molecule has 1 aliphatic rings. The molecule has 0 aromatic carbocycles. The Kier molecular flexibility index (Phi) is 5.59. The fraction of sp³-hybridized carbons (Fsp3) is 0.647.